The molecule has 0 saturated heterocycles. The van der Waals surface area contributed by atoms with E-state index < -0.39 is 0 Å². The van der Waals surface area contributed by atoms with Gasteiger partial charge in [-0.3, -0.25) is 14.2 Å². The molecule has 0 unspecified atom stereocenters. The smallest absolute Gasteiger partial charge is 0.271 e. The number of carbonyl (C=O) groups excluding carboxylic acids is 1. The van der Waals surface area contributed by atoms with Gasteiger partial charge >= 0.3 is 0 Å². The molecule has 2 aromatic heterocycles. The van der Waals surface area contributed by atoms with E-state index in [1.165, 1.54) is 27.7 Å². The van der Waals surface area contributed by atoms with Gasteiger partial charge in [-0.2, -0.15) is 0 Å². The number of benzene rings is 2. The molecule has 0 atom stereocenters. The first kappa shape index (κ1) is 20.4. The van der Waals surface area contributed by atoms with Gasteiger partial charge in [0.15, 0.2) is 5.16 Å². The van der Waals surface area contributed by atoms with Crippen molar-refractivity contribution in [2.75, 3.05) is 11.1 Å². The Hall–Kier alpha value is -2.90. The number of thioether (sulfide) groups is 1. The van der Waals surface area contributed by atoms with Gasteiger partial charge in [0.25, 0.3) is 5.56 Å². The highest BCUT2D eigenvalue weighted by atomic mass is 32.2. The summed E-state index contributed by atoms with van der Waals surface area (Å²) in [5.74, 6) is 0.0408. The van der Waals surface area contributed by atoms with Crippen molar-refractivity contribution in [2.24, 2.45) is 7.05 Å². The van der Waals surface area contributed by atoms with Crippen molar-refractivity contribution in [1.82, 2.24) is 9.55 Å². The van der Waals surface area contributed by atoms with Crippen LogP contribution in [0.1, 0.15) is 11.1 Å². The molecule has 5 nitrogen and oxygen atoms in total. The molecule has 0 saturated carbocycles. The summed E-state index contributed by atoms with van der Waals surface area (Å²) in [6, 6.07) is 15.8. The van der Waals surface area contributed by atoms with Gasteiger partial charge in [0.2, 0.25) is 5.91 Å². The van der Waals surface area contributed by atoms with Crippen molar-refractivity contribution in [3.8, 4) is 11.1 Å². The molecule has 0 spiro atoms. The van der Waals surface area contributed by atoms with Crippen molar-refractivity contribution < 1.29 is 4.79 Å². The highest BCUT2D eigenvalue weighted by Crippen LogP contribution is 2.32. The van der Waals surface area contributed by atoms with E-state index in [-0.39, 0.29) is 17.2 Å². The Morgan fingerprint density at radius 1 is 1.17 bits per heavy atom. The maximum absolute atomic E-state index is 12.8. The number of aryl methyl sites for hydroxylation is 2. The fourth-order valence-electron chi connectivity index (χ4n) is 3.25. The SMILES string of the molecule is Cc1ccc(NC(=O)CSc2nc3c(-c4ccccc4)csc3c(=O)n2C)c(C)c1. The Bertz CT molecular complexity index is 1290. The molecule has 0 fully saturated rings. The second-order valence-corrected chi connectivity index (χ2v) is 8.93. The highest BCUT2D eigenvalue weighted by molar-refractivity contribution is 7.99. The first-order valence-electron chi connectivity index (χ1n) is 9.47. The predicted octanol–water partition coefficient (Wildman–Crippen LogP) is 5.01. The molecule has 30 heavy (non-hydrogen) atoms. The average molecular weight is 436 g/mol. The van der Waals surface area contributed by atoms with Crippen molar-refractivity contribution in [3.63, 3.8) is 0 Å². The quantitative estimate of drug-likeness (QED) is 0.354. The normalized spacial score (nSPS) is 11.0. The van der Waals surface area contributed by atoms with Crippen LogP contribution >= 0.6 is 23.1 Å². The van der Waals surface area contributed by atoms with E-state index in [1.807, 2.05) is 67.8 Å². The molecule has 4 aromatic rings. The molecule has 152 valence electrons. The first-order chi connectivity index (χ1) is 14.4. The summed E-state index contributed by atoms with van der Waals surface area (Å²) in [6.45, 7) is 3.99. The number of amides is 1. The number of thiophene rings is 1. The predicted molar refractivity (Wildman–Crippen MR) is 126 cm³/mol. The monoisotopic (exact) mass is 435 g/mol. The van der Waals surface area contributed by atoms with Gasteiger partial charge in [-0.15, -0.1) is 11.3 Å². The Morgan fingerprint density at radius 3 is 2.67 bits per heavy atom. The number of hydrogen-bond donors (Lipinski definition) is 1. The minimum Gasteiger partial charge on any atom is -0.325 e. The lowest BCUT2D eigenvalue weighted by molar-refractivity contribution is -0.113. The van der Waals surface area contributed by atoms with Crippen molar-refractivity contribution in [3.05, 3.63) is 75.4 Å². The van der Waals surface area contributed by atoms with Crippen LogP contribution in [0.3, 0.4) is 0 Å². The number of carbonyl (C=O) groups is 1. The molecule has 0 radical (unpaired) electrons. The summed E-state index contributed by atoms with van der Waals surface area (Å²) in [6.07, 6.45) is 0. The molecule has 2 heterocycles. The van der Waals surface area contributed by atoms with E-state index in [0.717, 1.165) is 27.9 Å². The van der Waals surface area contributed by atoms with Gasteiger partial charge in [0.05, 0.1) is 11.3 Å². The standard InChI is InChI=1S/C23H21N3O2S2/c1-14-9-10-18(15(2)11-14)24-19(27)13-30-23-25-20-17(16-7-5-4-6-8-16)12-29-21(20)22(28)26(23)3/h4-12H,13H2,1-3H3,(H,24,27). The highest BCUT2D eigenvalue weighted by Gasteiger charge is 2.16. The molecule has 7 heteroatoms. The van der Waals surface area contributed by atoms with Crippen LogP contribution in [0.2, 0.25) is 0 Å². The van der Waals surface area contributed by atoms with E-state index in [4.69, 9.17) is 4.98 Å². The van der Waals surface area contributed by atoms with E-state index in [1.54, 1.807) is 7.05 Å². The molecule has 4 rings (SSSR count). The van der Waals surface area contributed by atoms with E-state index in [0.29, 0.717) is 15.4 Å². The van der Waals surface area contributed by atoms with Crippen LogP contribution in [-0.2, 0) is 11.8 Å². The Kier molecular flexibility index (Phi) is 5.74. The Balaban J connectivity index is 1.59. The fourth-order valence-corrected chi connectivity index (χ4v) is 5.00. The van der Waals surface area contributed by atoms with E-state index in [2.05, 4.69) is 5.32 Å². The summed E-state index contributed by atoms with van der Waals surface area (Å²) in [5.41, 5.74) is 5.52. The second kappa shape index (κ2) is 8.45. The third kappa shape index (κ3) is 4.04. The number of nitrogens with one attached hydrogen (secondary N) is 1. The van der Waals surface area contributed by atoms with Gasteiger partial charge < -0.3 is 5.32 Å². The number of rotatable bonds is 5. The van der Waals surface area contributed by atoms with E-state index in [9.17, 15) is 9.59 Å². The lowest BCUT2D eigenvalue weighted by Gasteiger charge is -2.10. The summed E-state index contributed by atoms with van der Waals surface area (Å²) >= 11 is 2.67. The molecule has 1 N–H and O–H groups in total. The average Bonchev–Trinajstić information content (AvgIpc) is 3.16. The van der Waals surface area contributed by atoms with Crippen molar-refractivity contribution in [2.45, 2.75) is 19.0 Å². The van der Waals surface area contributed by atoms with Gasteiger partial charge in [-0.1, -0.05) is 59.8 Å². The van der Waals surface area contributed by atoms with Crippen LogP contribution in [0, 0.1) is 13.8 Å². The zero-order valence-electron chi connectivity index (χ0n) is 16.9. The number of nitrogens with zero attached hydrogens (tertiary/aromatic N) is 2. The zero-order chi connectivity index (χ0) is 21.3. The molecular weight excluding hydrogens is 414 g/mol. The molecule has 0 aliphatic rings. The van der Waals surface area contributed by atoms with Crippen LogP contribution < -0.4 is 10.9 Å². The van der Waals surface area contributed by atoms with Gasteiger partial charge in [0, 0.05) is 23.7 Å². The molecular formula is C23H21N3O2S2. The molecule has 0 aliphatic heterocycles. The lowest BCUT2D eigenvalue weighted by atomic mass is 10.1. The molecule has 0 aliphatic carbocycles. The van der Waals surface area contributed by atoms with Crippen LogP contribution in [0.4, 0.5) is 5.69 Å². The maximum atomic E-state index is 12.8. The maximum Gasteiger partial charge on any atom is 0.271 e. The fraction of sp³-hybridized carbons (Fsp3) is 0.174. The van der Waals surface area contributed by atoms with E-state index >= 15 is 0 Å². The minimum atomic E-state index is -0.130. The molecule has 0 bridgehead atoms. The first-order valence-corrected chi connectivity index (χ1v) is 11.3. The van der Waals surface area contributed by atoms with Crippen LogP contribution in [-0.4, -0.2) is 21.2 Å². The van der Waals surface area contributed by atoms with Crippen molar-refractivity contribution >= 4 is 44.9 Å². The minimum absolute atomic E-state index is 0.0931. The largest absolute Gasteiger partial charge is 0.325 e. The summed E-state index contributed by atoms with van der Waals surface area (Å²) in [5, 5.41) is 5.43. The Morgan fingerprint density at radius 2 is 1.93 bits per heavy atom. The summed E-state index contributed by atoms with van der Waals surface area (Å²) in [4.78, 5) is 30.0. The molecule has 1 amide bonds. The zero-order valence-corrected chi connectivity index (χ0v) is 18.6. The third-order valence-corrected chi connectivity index (χ3v) is 6.82. The van der Waals surface area contributed by atoms with Gasteiger partial charge in [0.1, 0.15) is 4.70 Å². The molecule has 2 aromatic carbocycles. The number of anilines is 1. The number of aromatic nitrogens is 2. The summed E-state index contributed by atoms with van der Waals surface area (Å²) < 4.78 is 2.14. The topological polar surface area (TPSA) is 64.0 Å². The van der Waals surface area contributed by atoms with Gasteiger partial charge in [-0.05, 0) is 31.0 Å². The lowest BCUT2D eigenvalue weighted by Crippen LogP contribution is -2.21. The number of fused-ring (bicyclic) bond motifs is 1. The Labute approximate surface area is 182 Å². The van der Waals surface area contributed by atoms with Crippen LogP contribution in [0.5, 0.6) is 0 Å². The number of hydrogen-bond acceptors (Lipinski definition) is 5. The van der Waals surface area contributed by atoms with Crippen LogP contribution in [0.25, 0.3) is 21.3 Å². The second-order valence-electron chi connectivity index (χ2n) is 7.11. The summed E-state index contributed by atoms with van der Waals surface area (Å²) in [7, 11) is 1.70. The van der Waals surface area contributed by atoms with Crippen LogP contribution in [0.15, 0.2) is 63.9 Å². The van der Waals surface area contributed by atoms with Gasteiger partial charge in [-0.25, -0.2) is 4.98 Å². The third-order valence-electron chi connectivity index (χ3n) is 4.83. The van der Waals surface area contributed by atoms with Crippen molar-refractivity contribution in [1.29, 1.82) is 0 Å².